The molecular formula is C22H39N3O3. The number of methoxy groups -OCH3 is 1. The zero-order valence-corrected chi connectivity index (χ0v) is 18.3. The third kappa shape index (κ3) is 10.5. The molecule has 0 aliphatic rings. The maximum Gasteiger partial charge on any atom is 0.191 e. The second-order valence-corrected chi connectivity index (χ2v) is 6.88. The molecule has 28 heavy (non-hydrogen) atoms. The fourth-order valence-corrected chi connectivity index (χ4v) is 2.49. The van der Waals surface area contributed by atoms with Crippen molar-refractivity contribution < 1.29 is 14.2 Å². The van der Waals surface area contributed by atoms with Crippen LogP contribution in [0.5, 0.6) is 5.75 Å². The van der Waals surface area contributed by atoms with Crippen LogP contribution < -0.4 is 15.4 Å². The summed E-state index contributed by atoms with van der Waals surface area (Å²) in [5, 5.41) is 6.70. The van der Waals surface area contributed by atoms with E-state index in [1.165, 1.54) is 5.56 Å². The molecule has 0 saturated heterocycles. The smallest absolute Gasteiger partial charge is 0.191 e. The van der Waals surface area contributed by atoms with Crippen molar-refractivity contribution in [3.8, 4) is 5.75 Å². The van der Waals surface area contributed by atoms with Crippen molar-refractivity contribution in [3.63, 3.8) is 0 Å². The number of guanidine groups is 1. The van der Waals surface area contributed by atoms with Crippen molar-refractivity contribution in [2.75, 3.05) is 40.0 Å². The maximum absolute atomic E-state index is 6.09. The van der Waals surface area contributed by atoms with Crippen LogP contribution in [0.3, 0.4) is 0 Å². The number of aryl methyl sites for hydroxylation is 1. The number of unbranched alkanes of at least 4 members (excludes halogenated alkanes) is 1. The molecule has 1 aromatic rings. The summed E-state index contributed by atoms with van der Waals surface area (Å²) in [6.45, 7) is 12.7. The molecule has 0 fully saturated rings. The minimum atomic E-state index is 0.196. The van der Waals surface area contributed by atoms with Gasteiger partial charge in [-0.3, -0.25) is 0 Å². The van der Waals surface area contributed by atoms with E-state index in [4.69, 9.17) is 19.2 Å². The Labute approximate surface area is 171 Å². The lowest BCUT2D eigenvalue weighted by molar-refractivity contribution is 0.0689. The maximum atomic E-state index is 6.09. The van der Waals surface area contributed by atoms with E-state index >= 15 is 0 Å². The Hall–Kier alpha value is -1.79. The van der Waals surface area contributed by atoms with E-state index in [1.54, 1.807) is 7.11 Å². The van der Waals surface area contributed by atoms with Gasteiger partial charge in [0.2, 0.25) is 0 Å². The van der Waals surface area contributed by atoms with Crippen molar-refractivity contribution in [1.82, 2.24) is 10.6 Å². The van der Waals surface area contributed by atoms with Gasteiger partial charge in [-0.05, 0) is 51.7 Å². The van der Waals surface area contributed by atoms with Gasteiger partial charge in [-0.2, -0.15) is 0 Å². The van der Waals surface area contributed by atoms with E-state index in [-0.39, 0.29) is 6.10 Å². The number of nitrogens with zero attached hydrogens (tertiary/aromatic N) is 1. The largest absolute Gasteiger partial charge is 0.490 e. The second-order valence-electron chi connectivity index (χ2n) is 6.88. The normalized spacial score (nSPS) is 12.7. The number of nitrogens with one attached hydrogen (secondary N) is 2. The van der Waals surface area contributed by atoms with Crippen LogP contribution in [-0.2, 0) is 16.0 Å². The lowest BCUT2D eigenvalue weighted by Gasteiger charge is -2.17. The van der Waals surface area contributed by atoms with Crippen molar-refractivity contribution in [2.24, 2.45) is 4.99 Å². The van der Waals surface area contributed by atoms with Gasteiger partial charge in [-0.1, -0.05) is 19.1 Å². The molecule has 6 heteroatoms. The number of rotatable bonds is 14. The van der Waals surface area contributed by atoms with Gasteiger partial charge in [0.25, 0.3) is 0 Å². The van der Waals surface area contributed by atoms with Crippen LogP contribution in [0.4, 0.5) is 0 Å². The molecule has 0 aliphatic heterocycles. The summed E-state index contributed by atoms with van der Waals surface area (Å²) in [5.41, 5.74) is 2.30. The standard InChI is InChI=1S/C22H39N3O3/c1-6-19(4)28-21-16-18(3)10-11-20(21)17-25-22(23-7-2)24-12-8-9-13-27-15-14-26-5/h10-11,16,19H,6-9,12-15,17H2,1-5H3,(H2,23,24,25). The van der Waals surface area contributed by atoms with E-state index in [2.05, 4.69) is 56.5 Å². The highest BCUT2D eigenvalue weighted by Gasteiger charge is 2.08. The third-order valence-electron chi connectivity index (χ3n) is 4.32. The highest BCUT2D eigenvalue weighted by Crippen LogP contribution is 2.23. The predicted molar refractivity (Wildman–Crippen MR) is 116 cm³/mol. The Bertz CT molecular complexity index is 564. The summed E-state index contributed by atoms with van der Waals surface area (Å²) in [6.07, 6.45) is 3.23. The van der Waals surface area contributed by atoms with Crippen molar-refractivity contribution in [2.45, 2.75) is 59.6 Å². The van der Waals surface area contributed by atoms with Gasteiger partial charge in [-0.25, -0.2) is 4.99 Å². The third-order valence-corrected chi connectivity index (χ3v) is 4.32. The van der Waals surface area contributed by atoms with Crippen molar-refractivity contribution in [3.05, 3.63) is 29.3 Å². The first kappa shape index (κ1) is 24.2. The molecule has 0 radical (unpaired) electrons. The van der Waals surface area contributed by atoms with E-state index in [9.17, 15) is 0 Å². The molecule has 160 valence electrons. The minimum Gasteiger partial charge on any atom is -0.490 e. The van der Waals surface area contributed by atoms with Crippen LogP contribution in [0.25, 0.3) is 0 Å². The topological polar surface area (TPSA) is 64.1 Å². The van der Waals surface area contributed by atoms with E-state index in [0.29, 0.717) is 19.8 Å². The van der Waals surface area contributed by atoms with E-state index in [1.807, 2.05) is 0 Å². The highest BCUT2D eigenvalue weighted by atomic mass is 16.5. The lowest BCUT2D eigenvalue weighted by atomic mass is 10.1. The van der Waals surface area contributed by atoms with Crippen molar-refractivity contribution >= 4 is 5.96 Å². The predicted octanol–water partition coefficient (Wildman–Crippen LogP) is 3.67. The first-order valence-corrected chi connectivity index (χ1v) is 10.5. The Morgan fingerprint density at radius 2 is 1.93 bits per heavy atom. The first-order chi connectivity index (χ1) is 13.6. The fourth-order valence-electron chi connectivity index (χ4n) is 2.49. The van der Waals surface area contributed by atoms with Gasteiger partial charge in [0.1, 0.15) is 5.75 Å². The van der Waals surface area contributed by atoms with E-state index in [0.717, 1.165) is 56.2 Å². The highest BCUT2D eigenvalue weighted by molar-refractivity contribution is 5.79. The monoisotopic (exact) mass is 393 g/mol. The first-order valence-electron chi connectivity index (χ1n) is 10.5. The zero-order chi connectivity index (χ0) is 20.6. The van der Waals surface area contributed by atoms with Gasteiger partial charge in [0.15, 0.2) is 5.96 Å². The molecule has 0 heterocycles. The van der Waals surface area contributed by atoms with Gasteiger partial charge >= 0.3 is 0 Å². The van der Waals surface area contributed by atoms with Crippen LogP contribution in [0.1, 0.15) is 51.2 Å². The van der Waals surface area contributed by atoms with Gasteiger partial charge < -0.3 is 24.8 Å². The Balaban J connectivity index is 2.53. The molecule has 0 spiro atoms. The van der Waals surface area contributed by atoms with Gasteiger partial charge in [-0.15, -0.1) is 0 Å². The lowest BCUT2D eigenvalue weighted by Crippen LogP contribution is -2.37. The summed E-state index contributed by atoms with van der Waals surface area (Å²) >= 11 is 0. The molecule has 0 aliphatic carbocycles. The van der Waals surface area contributed by atoms with Crippen LogP contribution in [-0.4, -0.2) is 52.1 Å². The Kier molecular flexibility index (Phi) is 13.1. The van der Waals surface area contributed by atoms with Gasteiger partial charge in [0, 0.05) is 32.4 Å². The van der Waals surface area contributed by atoms with Crippen LogP contribution in [0, 0.1) is 6.92 Å². The Morgan fingerprint density at radius 3 is 2.64 bits per heavy atom. The summed E-state index contributed by atoms with van der Waals surface area (Å²) in [6, 6.07) is 6.32. The average Bonchev–Trinajstić information content (AvgIpc) is 2.69. The Morgan fingerprint density at radius 1 is 1.11 bits per heavy atom. The average molecular weight is 394 g/mol. The van der Waals surface area contributed by atoms with Crippen molar-refractivity contribution in [1.29, 1.82) is 0 Å². The molecular weight excluding hydrogens is 354 g/mol. The van der Waals surface area contributed by atoms with E-state index < -0.39 is 0 Å². The second kappa shape index (κ2) is 15.2. The summed E-state index contributed by atoms with van der Waals surface area (Å²) < 4.78 is 16.5. The molecule has 0 saturated carbocycles. The quantitative estimate of drug-likeness (QED) is 0.287. The summed E-state index contributed by atoms with van der Waals surface area (Å²) in [4.78, 5) is 4.73. The molecule has 0 bridgehead atoms. The number of aliphatic imine (C=N–C) groups is 1. The van der Waals surface area contributed by atoms with Gasteiger partial charge in [0.05, 0.1) is 25.9 Å². The molecule has 0 amide bonds. The number of ether oxygens (including phenoxy) is 3. The molecule has 2 N–H and O–H groups in total. The molecule has 6 nitrogen and oxygen atoms in total. The zero-order valence-electron chi connectivity index (χ0n) is 18.3. The minimum absolute atomic E-state index is 0.196. The molecule has 1 rings (SSSR count). The molecule has 1 aromatic carbocycles. The van der Waals surface area contributed by atoms with Crippen LogP contribution >= 0.6 is 0 Å². The number of hydrogen-bond donors (Lipinski definition) is 2. The molecule has 1 atom stereocenters. The SMILES string of the molecule is CCNC(=NCc1ccc(C)cc1OC(C)CC)NCCCCOCCOC. The fraction of sp³-hybridized carbons (Fsp3) is 0.682. The molecule has 1 unspecified atom stereocenters. The van der Waals surface area contributed by atoms with Crippen LogP contribution in [0.2, 0.25) is 0 Å². The molecule has 0 aromatic heterocycles. The summed E-state index contributed by atoms with van der Waals surface area (Å²) in [7, 11) is 1.69. The summed E-state index contributed by atoms with van der Waals surface area (Å²) in [5.74, 6) is 1.76. The number of hydrogen-bond acceptors (Lipinski definition) is 4. The van der Waals surface area contributed by atoms with Crippen LogP contribution in [0.15, 0.2) is 23.2 Å². The number of benzene rings is 1.